The van der Waals surface area contributed by atoms with Crippen LogP contribution < -0.4 is 0 Å². The van der Waals surface area contributed by atoms with E-state index in [-0.39, 0.29) is 16.9 Å². The normalized spacial score (nSPS) is 47.6. The van der Waals surface area contributed by atoms with E-state index >= 15 is 0 Å². The number of aliphatic hydroxyl groups is 1. The summed E-state index contributed by atoms with van der Waals surface area (Å²) in [5, 5.41) is 8.86. The lowest BCUT2D eigenvalue weighted by Crippen LogP contribution is -2.03. The molecule has 1 aliphatic rings. The van der Waals surface area contributed by atoms with Crippen LogP contribution in [0.25, 0.3) is 0 Å². The van der Waals surface area contributed by atoms with Crippen LogP contribution in [0, 0.1) is 0 Å². The molecule has 48 valence electrons. The van der Waals surface area contributed by atoms with E-state index in [1.165, 1.54) is 0 Å². The molecular weight excluding hydrogens is 147 g/mol. The maximum absolute atomic E-state index is 8.90. The average Bonchev–Trinajstić information content (AvgIpc) is 1.85. The predicted octanol–water partition coefficient (Wildman–Crippen LogP) is 1.36. The summed E-state index contributed by atoms with van der Waals surface area (Å²) in [7, 11) is 0. The molecule has 0 spiro atoms. The molecule has 1 rings (SSSR count). The molecule has 1 fully saturated rings. The minimum atomic E-state index is -0.264. The fourth-order valence-corrected chi connectivity index (χ4v) is 1.53. The van der Waals surface area contributed by atoms with Crippen LogP contribution in [-0.2, 0) is 0 Å². The minimum Gasteiger partial charge on any atom is -0.393 e. The Bertz CT molecular complexity index is 76.5. The van der Waals surface area contributed by atoms with E-state index in [0.29, 0.717) is 12.8 Å². The Hall–Kier alpha value is 0.540. The second-order valence-electron chi connectivity index (χ2n) is 2.16. The average molecular weight is 155 g/mol. The van der Waals surface area contributed by atoms with E-state index in [0.717, 1.165) is 0 Å². The summed E-state index contributed by atoms with van der Waals surface area (Å²) < 4.78 is 0. The van der Waals surface area contributed by atoms with Crippen molar-refractivity contribution in [2.24, 2.45) is 0 Å². The van der Waals surface area contributed by atoms with E-state index in [4.69, 9.17) is 28.3 Å². The summed E-state index contributed by atoms with van der Waals surface area (Å²) in [6.45, 7) is 0. The lowest BCUT2D eigenvalue weighted by Gasteiger charge is -1.99. The van der Waals surface area contributed by atoms with Crippen molar-refractivity contribution in [3.63, 3.8) is 0 Å². The Kier molecular flexibility index (Phi) is 2.02. The molecule has 0 saturated heterocycles. The van der Waals surface area contributed by atoms with Gasteiger partial charge in [0.15, 0.2) is 0 Å². The fraction of sp³-hybridized carbons (Fsp3) is 1.00. The molecule has 0 aromatic carbocycles. The quantitative estimate of drug-likeness (QED) is 0.523. The van der Waals surface area contributed by atoms with Crippen LogP contribution in [0.5, 0.6) is 0 Å². The van der Waals surface area contributed by atoms with Gasteiger partial charge in [0.05, 0.1) is 16.9 Å². The van der Waals surface area contributed by atoms with Crippen LogP contribution in [0.3, 0.4) is 0 Å². The lowest BCUT2D eigenvalue weighted by atomic mass is 10.3. The van der Waals surface area contributed by atoms with Gasteiger partial charge in [0.25, 0.3) is 0 Å². The number of rotatable bonds is 0. The molecular formula is C5H8Cl2O. The number of aliphatic hydroxyl groups excluding tert-OH is 1. The SMILES string of the molecule is OC1CC(Cl)C(Cl)C1. The number of hydrogen-bond donors (Lipinski definition) is 1. The van der Waals surface area contributed by atoms with Crippen molar-refractivity contribution in [2.45, 2.75) is 29.7 Å². The van der Waals surface area contributed by atoms with Crippen LogP contribution in [0.15, 0.2) is 0 Å². The third-order valence-electron chi connectivity index (χ3n) is 1.39. The van der Waals surface area contributed by atoms with Gasteiger partial charge in [-0.05, 0) is 12.8 Å². The second kappa shape index (κ2) is 2.42. The van der Waals surface area contributed by atoms with Crippen molar-refractivity contribution in [1.82, 2.24) is 0 Å². The Morgan fingerprint density at radius 3 is 1.62 bits per heavy atom. The van der Waals surface area contributed by atoms with Crippen molar-refractivity contribution in [1.29, 1.82) is 0 Å². The van der Waals surface area contributed by atoms with Gasteiger partial charge in [0.2, 0.25) is 0 Å². The van der Waals surface area contributed by atoms with Gasteiger partial charge in [-0.15, -0.1) is 23.2 Å². The highest BCUT2D eigenvalue weighted by Crippen LogP contribution is 2.28. The molecule has 8 heavy (non-hydrogen) atoms. The van der Waals surface area contributed by atoms with Crippen molar-refractivity contribution in [3.05, 3.63) is 0 Å². The monoisotopic (exact) mass is 154 g/mol. The van der Waals surface area contributed by atoms with Gasteiger partial charge in [-0.2, -0.15) is 0 Å². The maximum atomic E-state index is 8.90. The summed E-state index contributed by atoms with van der Waals surface area (Å²) in [4.78, 5) is 0. The topological polar surface area (TPSA) is 20.2 Å². The van der Waals surface area contributed by atoms with E-state index in [1.807, 2.05) is 0 Å². The highest BCUT2D eigenvalue weighted by Gasteiger charge is 2.29. The van der Waals surface area contributed by atoms with Crippen LogP contribution in [0.4, 0.5) is 0 Å². The van der Waals surface area contributed by atoms with Gasteiger partial charge < -0.3 is 5.11 Å². The number of alkyl halides is 2. The van der Waals surface area contributed by atoms with E-state index in [2.05, 4.69) is 0 Å². The molecule has 1 N–H and O–H groups in total. The molecule has 0 radical (unpaired) electrons. The van der Waals surface area contributed by atoms with Gasteiger partial charge in [-0.25, -0.2) is 0 Å². The third-order valence-corrected chi connectivity index (χ3v) is 2.48. The summed E-state index contributed by atoms with van der Waals surface area (Å²) in [5.74, 6) is 0. The fourth-order valence-electron chi connectivity index (χ4n) is 0.911. The first-order valence-electron chi connectivity index (χ1n) is 2.66. The van der Waals surface area contributed by atoms with Gasteiger partial charge in [0.1, 0.15) is 0 Å². The van der Waals surface area contributed by atoms with Crippen molar-refractivity contribution in [2.75, 3.05) is 0 Å². The summed E-state index contributed by atoms with van der Waals surface area (Å²) >= 11 is 11.3. The molecule has 0 bridgehead atoms. The first-order valence-corrected chi connectivity index (χ1v) is 3.53. The van der Waals surface area contributed by atoms with Gasteiger partial charge in [-0.1, -0.05) is 0 Å². The summed E-state index contributed by atoms with van der Waals surface area (Å²) in [6, 6.07) is 0. The van der Waals surface area contributed by atoms with E-state index < -0.39 is 0 Å². The molecule has 0 aliphatic heterocycles. The minimum absolute atomic E-state index is 0.0216. The zero-order chi connectivity index (χ0) is 6.15. The Morgan fingerprint density at radius 1 is 1.12 bits per heavy atom. The molecule has 1 aliphatic carbocycles. The van der Waals surface area contributed by atoms with E-state index in [1.54, 1.807) is 0 Å². The number of halogens is 2. The molecule has 0 heterocycles. The molecule has 1 saturated carbocycles. The van der Waals surface area contributed by atoms with Gasteiger partial charge >= 0.3 is 0 Å². The first kappa shape index (κ1) is 6.66. The Balaban J connectivity index is 2.39. The molecule has 0 aromatic heterocycles. The zero-order valence-corrected chi connectivity index (χ0v) is 5.86. The predicted molar refractivity (Wildman–Crippen MR) is 34.5 cm³/mol. The van der Waals surface area contributed by atoms with Crippen molar-refractivity contribution in [3.8, 4) is 0 Å². The van der Waals surface area contributed by atoms with Crippen LogP contribution in [0.2, 0.25) is 0 Å². The number of hydrogen-bond acceptors (Lipinski definition) is 1. The molecule has 0 aromatic rings. The van der Waals surface area contributed by atoms with Gasteiger partial charge in [0, 0.05) is 0 Å². The molecule has 2 unspecified atom stereocenters. The highest BCUT2D eigenvalue weighted by molar-refractivity contribution is 6.30. The van der Waals surface area contributed by atoms with Crippen molar-refractivity contribution < 1.29 is 5.11 Å². The Morgan fingerprint density at radius 2 is 1.50 bits per heavy atom. The van der Waals surface area contributed by atoms with E-state index in [9.17, 15) is 0 Å². The molecule has 0 amide bonds. The third kappa shape index (κ3) is 1.28. The smallest absolute Gasteiger partial charge is 0.0569 e. The van der Waals surface area contributed by atoms with Crippen molar-refractivity contribution >= 4 is 23.2 Å². The zero-order valence-electron chi connectivity index (χ0n) is 4.35. The van der Waals surface area contributed by atoms with Crippen LogP contribution >= 0.6 is 23.2 Å². The Labute approximate surface area is 58.6 Å². The first-order chi connectivity index (χ1) is 3.70. The standard InChI is InChI=1S/C5H8Cl2O/c6-4-1-3(8)2-5(4)7/h3-5,8H,1-2H2. The largest absolute Gasteiger partial charge is 0.393 e. The molecule has 2 atom stereocenters. The molecule has 1 nitrogen and oxygen atoms in total. The lowest BCUT2D eigenvalue weighted by molar-refractivity contribution is 0.184. The highest BCUT2D eigenvalue weighted by atomic mass is 35.5. The van der Waals surface area contributed by atoms with Gasteiger partial charge in [-0.3, -0.25) is 0 Å². The maximum Gasteiger partial charge on any atom is 0.0569 e. The summed E-state index contributed by atoms with van der Waals surface area (Å²) in [6.07, 6.45) is 1.03. The molecule has 3 heteroatoms. The summed E-state index contributed by atoms with van der Waals surface area (Å²) in [5.41, 5.74) is 0. The second-order valence-corrected chi connectivity index (χ2v) is 3.28. The van der Waals surface area contributed by atoms with Crippen LogP contribution in [0.1, 0.15) is 12.8 Å². The van der Waals surface area contributed by atoms with Crippen LogP contribution in [-0.4, -0.2) is 22.0 Å².